The normalized spacial score (nSPS) is 21.9. The molecular formula is C28H43N9O3. The molecule has 12 nitrogen and oxygen atoms in total. The highest BCUT2D eigenvalue weighted by Crippen LogP contribution is 2.24. The molecule has 1 aliphatic heterocycles. The summed E-state index contributed by atoms with van der Waals surface area (Å²) < 4.78 is 1.44. The predicted octanol–water partition coefficient (Wildman–Crippen LogP) is 1.02. The Kier molecular flexibility index (Phi) is 9.24. The molecule has 1 atom stereocenters. The topological polar surface area (TPSA) is 169 Å². The lowest BCUT2D eigenvalue weighted by molar-refractivity contribution is -0.140. The van der Waals surface area contributed by atoms with E-state index in [9.17, 15) is 14.4 Å². The van der Waals surface area contributed by atoms with E-state index in [1.807, 2.05) is 24.3 Å². The first-order valence-electron chi connectivity index (χ1n) is 14.1. The molecule has 1 aliphatic carbocycles. The van der Waals surface area contributed by atoms with Crippen molar-refractivity contribution in [2.24, 2.45) is 17.2 Å². The van der Waals surface area contributed by atoms with Crippen molar-refractivity contribution in [3.8, 4) is 5.69 Å². The third-order valence-corrected chi connectivity index (χ3v) is 7.82. The van der Waals surface area contributed by atoms with Gasteiger partial charge in [0, 0.05) is 37.9 Å². The number of benzene rings is 1. The van der Waals surface area contributed by atoms with Gasteiger partial charge in [0.05, 0.1) is 23.9 Å². The molecule has 1 saturated carbocycles. The minimum Gasteiger partial charge on any atom is -0.328 e. The Morgan fingerprint density at radius 3 is 2.33 bits per heavy atom. The van der Waals surface area contributed by atoms with E-state index in [1.165, 1.54) is 19.9 Å². The SMILES string of the molecule is CCN(Cc1ccc(-n2ccc(NC(=O)N3CCN(C(=O)C(C)(C)N)[C@H](N)C3)nc2=O)cc1)C1CCC(N)CC1. The van der Waals surface area contributed by atoms with Gasteiger partial charge < -0.3 is 27.0 Å². The zero-order valence-corrected chi connectivity index (χ0v) is 23.8. The molecule has 0 spiro atoms. The molecule has 2 aromatic rings. The van der Waals surface area contributed by atoms with E-state index in [0.717, 1.165) is 38.8 Å². The summed E-state index contributed by atoms with van der Waals surface area (Å²) in [4.78, 5) is 47.6. The number of rotatable bonds is 7. The number of nitrogens with one attached hydrogen (secondary N) is 1. The molecule has 2 aliphatic rings. The molecule has 12 heteroatoms. The Morgan fingerprint density at radius 1 is 1.07 bits per heavy atom. The summed E-state index contributed by atoms with van der Waals surface area (Å²) in [5.41, 5.74) is 18.5. The van der Waals surface area contributed by atoms with Crippen molar-refractivity contribution in [1.29, 1.82) is 0 Å². The van der Waals surface area contributed by atoms with E-state index in [4.69, 9.17) is 17.2 Å². The van der Waals surface area contributed by atoms with Crippen molar-refractivity contribution in [2.75, 3.05) is 31.5 Å². The molecule has 40 heavy (non-hydrogen) atoms. The fourth-order valence-electron chi connectivity index (χ4n) is 5.44. The van der Waals surface area contributed by atoms with Gasteiger partial charge in [0.25, 0.3) is 0 Å². The number of hydrogen-bond donors (Lipinski definition) is 4. The number of carbonyl (C=O) groups excluding carboxylic acids is 2. The van der Waals surface area contributed by atoms with Crippen LogP contribution in [0.2, 0.25) is 0 Å². The number of aromatic nitrogens is 2. The summed E-state index contributed by atoms with van der Waals surface area (Å²) >= 11 is 0. The Morgan fingerprint density at radius 2 is 1.75 bits per heavy atom. The number of anilines is 1. The van der Waals surface area contributed by atoms with Crippen LogP contribution in [-0.4, -0.2) is 86.2 Å². The molecule has 1 aromatic carbocycles. The van der Waals surface area contributed by atoms with Gasteiger partial charge in [-0.3, -0.25) is 19.6 Å². The van der Waals surface area contributed by atoms with Crippen molar-refractivity contribution >= 4 is 17.8 Å². The van der Waals surface area contributed by atoms with Crippen LogP contribution in [0.5, 0.6) is 0 Å². The van der Waals surface area contributed by atoms with Crippen LogP contribution in [0.25, 0.3) is 5.69 Å². The number of nitrogens with two attached hydrogens (primary N) is 3. The summed E-state index contributed by atoms with van der Waals surface area (Å²) in [6, 6.07) is 9.91. The average Bonchev–Trinajstić information content (AvgIpc) is 2.92. The lowest BCUT2D eigenvalue weighted by atomic mass is 9.90. The minimum absolute atomic E-state index is 0.140. The van der Waals surface area contributed by atoms with Crippen molar-refractivity contribution in [1.82, 2.24) is 24.3 Å². The van der Waals surface area contributed by atoms with E-state index in [1.54, 1.807) is 26.1 Å². The van der Waals surface area contributed by atoms with E-state index in [-0.39, 0.29) is 31.4 Å². The van der Waals surface area contributed by atoms with Crippen LogP contribution in [0.3, 0.4) is 0 Å². The third-order valence-electron chi connectivity index (χ3n) is 7.82. The second-order valence-corrected chi connectivity index (χ2v) is 11.4. The average molecular weight is 554 g/mol. The molecule has 3 amide bonds. The number of hydrogen-bond acceptors (Lipinski definition) is 8. The van der Waals surface area contributed by atoms with E-state index in [0.29, 0.717) is 17.8 Å². The van der Waals surface area contributed by atoms with Crippen LogP contribution in [0, 0.1) is 0 Å². The number of piperazine rings is 1. The van der Waals surface area contributed by atoms with Crippen LogP contribution < -0.4 is 28.2 Å². The van der Waals surface area contributed by atoms with Gasteiger partial charge in [-0.2, -0.15) is 4.98 Å². The summed E-state index contributed by atoms with van der Waals surface area (Å²) in [7, 11) is 0. The fraction of sp³-hybridized carbons (Fsp3) is 0.571. The van der Waals surface area contributed by atoms with Crippen LogP contribution in [0.4, 0.5) is 10.6 Å². The van der Waals surface area contributed by atoms with E-state index < -0.39 is 23.4 Å². The summed E-state index contributed by atoms with van der Waals surface area (Å²) in [6.45, 7) is 7.95. The summed E-state index contributed by atoms with van der Waals surface area (Å²) in [6.07, 6.45) is 5.33. The van der Waals surface area contributed by atoms with Gasteiger partial charge in [0.15, 0.2) is 0 Å². The molecule has 2 fully saturated rings. The third kappa shape index (κ3) is 7.05. The van der Waals surface area contributed by atoms with Crippen molar-refractivity contribution in [3.05, 3.63) is 52.6 Å². The second kappa shape index (κ2) is 12.5. The number of amides is 3. The van der Waals surface area contributed by atoms with Gasteiger partial charge in [-0.05, 0) is 69.8 Å². The zero-order chi connectivity index (χ0) is 29.0. The highest BCUT2D eigenvalue weighted by molar-refractivity contribution is 5.89. The standard InChI is InChI=1S/C28H43N9O3/c1-4-34(21-11-7-20(29)8-12-21)17-19-5-9-22(10-6-19)36-14-13-24(33-27(36)40)32-26(39)35-15-16-37(23(30)18-35)25(38)28(2,3)31/h5-6,9-10,13-14,20-21,23H,4,7-8,11-12,15-18,29-31H2,1-3H3,(H,32,33,39,40)/t20?,21?,23-/m0/s1. The van der Waals surface area contributed by atoms with Gasteiger partial charge >= 0.3 is 11.7 Å². The molecular weight excluding hydrogens is 510 g/mol. The van der Waals surface area contributed by atoms with E-state index in [2.05, 4.69) is 22.1 Å². The fourth-order valence-corrected chi connectivity index (χ4v) is 5.44. The summed E-state index contributed by atoms with van der Waals surface area (Å²) in [5.74, 6) is -0.126. The molecule has 0 radical (unpaired) electrons. The van der Waals surface area contributed by atoms with Gasteiger partial charge in [0.2, 0.25) is 5.91 Å². The number of carbonyl (C=O) groups is 2. The zero-order valence-electron chi connectivity index (χ0n) is 23.8. The number of nitrogens with zero attached hydrogens (tertiary/aromatic N) is 5. The molecule has 218 valence electrons. The largest absolute Gasteiger partial charge is 0.354 e. The van der Waals surface area contributed by atoms with Crippen LogP contribution in [-0.2, 0) is 11.3 Å². The van der Waals surface area contributed by atoms with Crippen LogP contribution in [0.1, 0.15) is 52.0 Å². The molecule has 2 heterocycles. The monoisotopic (exact) mass is 553 g/mol. The van der Waals surface area contributed by atoms with E-state index >= 15 is 0 Å². The molecule has 1 aromatic heterocycles. The van der Waals surface area contributed by atoms with Gasteiger partial charge in [-0.1, -0.05) is 19.1 Å². The Bertz CT molecular complexity index is 1230. The maximum absolute atomic E-state index is 12.8. The first-order valence-corrected chi connectivity index (χ1v) is 14.1. The second-order valence-electron chi connectivity index (χ2n) is 11.4. The smallest absolute Gasteiger partial charge is 0.328 e. The predicted molar refractivity (Wildman–Crippen MR) is 155 cm³/mol. The van der Waals surface area contributed by atoms with Gasteiger partial charge in [-0.15, -0.1) is 0 Å². The lowest BCUT2D eigenvalue weighted by Gasteiger charge is -2.41. The van der Waals surface area contributed by atoms with Crippen molar-refractivity contribution < 1.29 is 9.59 Å². The molecule has 0 bridgehead atoms. The highest BCUT2D eigenvalue weighted by atomic mass is 16.2. The van der Waals surface area contributed by atoms with Crippen LogP contribution in [0.15, 0.2) is 41.3 Å². The molecule has 4 rings (SSSR count). The van der Waals surface area contributed by atoms with Gasteiger partial charge in [-0.25, -0.2) is 9.59 Å². The molecule has 0 unspecified atom stereocenters. The first kappa shape index (κ1) is 29.7. The Hall–Kier alpha value is -3.32. The van der Waals surface area contributed by atoms with Crippen molar-refractivity contribution in [3.63, 3.8) is 0 Å². The Labute approximate surface area is 235 Å². The lowest BCUT2D eigenvalue weighted by Crippen LogP contribution is -2.65. The maximum Gasteiger partial charge on any atom is 0.354 e. The molecule has 1 saturated heterocycles. The first-order chi connectivity index (χ1) is 19.0. The summed E-state index contributed by atoms with van der Waals surface area (Å²) in [5, 5.41) is 2.66. The maximum atomic E-state index is 12.8. The number of urea groups is 1. The Balaban J connectivity index is 1.35. The quantitative estimate of drug-likeness (QED) is 0.394. The minimum atomic E-state index is -1.05. The molecule has 7 N–H and O–H groups in total. The van der Waals surface area contributed by atoms with Gasteiger partial charge in [0.1, 0.15) is 5.82 Å². The van der Waals surface area contributed by atoms with Crippen LogP contribution >= 0.6 is 0 Å². The highest BCUT2D eigenvalue weighted by Gasteiger charge is 2.35. The van der Waals surface area contributed by atoms with Crippen molar-refractivity contribution in [2.45, 2.75) is 76.8 Å².